The fourth-order valence-electron chi connectivity index (χ4n) is 2.65. The van der Waals surface area contributed by atoms with Crippen molar-refractivity contribution in [3.63, 3.8) is 0 Å². The van der Waals surface area contributed by atoms with Crippen LogP contribution >= 0.6 is 11.6 Å². The molecule has 2 atom stereocenters. The van der Waals surface area contributed by atoms with Crippen molar-refractivity contribution in [3.8, 4) is 5.75 Å². The fraction of sp³-hybridized carbons (Fsp3) is 0.353. The molecule has 1 N–H and O–H groups in total. The van der Waals surface area contributed by atoms with E-state index in [1.807, 2.05) is 36.4 Å². The van der Waals surface area contributed by atoms with Gasteiger partial charge in [0.25, 0.3) is 0 Å². The van der Waals surface area contributed by atoms with Crippen molar-refractivity contribution in [2.45, 2.75) is 25.3 Å². The molecule has 0 fully saturated rings. The van der Waals surface area contributed by atoms with Crippen LogP contribution in [-0.2, 0) is 13.1 Å². The summed E-state index contributed by atoms with van der Waals surface area (Å²) < 4.78 is 5.98. The first-order valence-corrected chi connectivity index (χ1v) is 7.90. The summed E-state index contributed by atoms with van der Waals surface area (Å²) in [5, 5.41) is 10.1. The molecule has 2 unspecified atom stereocenters. The number of nitrogens with zero attached hydrogens (tertiary/aromatic N) is 2. The Labute approximate surface area is 135 Å². The van der Waals surface area contributed by atoms with Gasteiger partial charge in [0.15, 0.2) is 0 Å². The molecule has 2 heterocycles. The first-order valence-electron chi connectivity index (χ1n) is 7.37. The minimum absolute atomic E-state index is 0.157. The smallest absolute Gasteiger partial charge is 0.138 e. The number of rotatable bonds is 4. The third-order valence-electron chi connectivity index (χ3n) is 3.78. The molecule has 1 aromatic heterocycles. The second-order valence-corrected chi connectivity index (χ2v) is 5.78. The van der Waals surface area contributed by atoms with Crippen LogP contribution in [0.4, 0.5) is 0 Å². The molecule has 4 nitrogen and oxygen atoms in total. The second-order valence-electron chi connectivity index (χ2n) is 5.48. The number of halogens is 1. The Morgan fingerprint density at radius 3 is 2.86 bits per heavy atom. The summed E-state index contributed by atoms with van der Waals surface area (Å²) >= 11 is 5.81. The van der Waals surface area contributed by atoms with Gasteiger partial charge in [0, 0.05) is 31.4 Å². The van der Waals surface area contributed by atoms with Crippen molar-refractivity contribution >= 4 is 11.6 Å². The van der Waals surface area contributed by atoms with Gasteiger partial charge in [0.2, 0.25) is 0 Å². The van der Waals surface area contributed by atoms with Crippen LogP contribution in [0.3, 0.4) is 0 Å². The van der Waals surface area contributed by atoms with Crippen molar-refractivity contribution in [1.29, 1.82) is 0 Å². The van der Waals surface area contributed by atoms with Gasteiger partial charge in [0.1, 0.15) is 18.0 Å². The quantitative estimate of drug-likeness (QED) is 0.880. The molecule has 0 saturated heterocycles. The first kappa shape index (κ1) is 15.3. The van der Waals surface area contributed by atoms with Gasteiger partial charge in [0.05, 0.1) is 11.6 Å². The predicted molar refractivity (Wildman–Crippen MR) is 85.9 cm³/mol. The zero-order valence-corrected chi connectivity index (χ0v) is 13.0. The number of aromatic nitrogens is 1. The Morgan fingerprint density at radius 2 is 2.09 bits per heavy atom. The number of hydrogen-bond acceptors (Lipinski definition) is 4. The number of hydrogen-bond donors (Lipinski definition) is 1. The first-order chi connectivity index (χ1) is 10.8. The van der Waals surface area contributed by atoms with Crippen molar-refractivity contribution in [1.82, 2.24) is 9.88 Å². The maximum atomic E-state index is 10.1. The van der Waals surface area contributed by atoms with Gasteiger partial charge in [-0.25, -0.2) is 0 Å². The molecule has 1 aliphatic heterocycles. The van der Waals surface area contributed by atoms with E-state index in [2.05, 4.69) is 16.0 Å². The van der Waals surface area contributed by atoms with Crippen molar-refractivity contribution in [2.24, 2.45) is 0 Å². The Balaban J connectivity index is 1.83. The van der Waals surface area contributed by atoms with E-state index in [1.54, 1.807) is 6.20 Å². The van der Waals surface area contributed by atoms with E-state index in [0.29, 0.717) is 13.1 Å². The van der Waals surface area contributed by atoms with Crippen molar-refractivity contribution in [3.05, 3.63) is 59.9 Å². The molecule has 1 aromatic carbocycles. The number of benzene rings is 1. The van der Waals surface area contributed by atoms with E-state index in [-0.39, 0.29) is 12.0 Å². The van der Waals surface area contributed by atoms with Crippen LogP contribution in [0.5, 0.6) is 5.75 Å². The zero-order valence-electron chi connectivity index (χ0n) is 12.2. The summed E-state index contributed by atoms with van der Waals surface area (Å²) in [5.74, 6) is 0.977. The Hall–Kier alpha value is -1.62. The van der Waals surface area contributed by atoms with Gasteiger partial charge in [-0.15, -0.1) is 11.6 Å². The largest absolute Gasteiger partial charge is 0.486 e. The maximum Gasteiger partial charge on any atom is 0.138 e. The molecule has 3 rings (SSSR count). The Morgan fingerprint density at radius 1 is 1.27 bits per heavy atom. The van der Waals surface area contributed by atoms with E-state index in [9.17, 15) is 5.11 Å². The van der Waals surface area contributed by atoms with Crippen LogP contribution in [0, 0.1) is 0 Å². The van der Waals surface area contributed by atoms with Crippen molar-refractivity contribution in [2.75, 3.05) is 12.4 Å². The molecule has 0 aliphatic carbocycles. The molecule has 1 aliphatic rings. The topological polar surface area (TPSA) is 45.6 Å². The van der Waals surface area contributed by atoms with Crippen LogP contribution in [0.15, 0.2) is 48.7 Å². The number of pyridine rings is 1. The van der Waals surface area contributed by atoms with Gasteiger partial charge in [-0.3, -0.25) is 9.88 Å². The van der Waals surface area contributed by atoms with Gasteiger partial charge in [-0.05, 0) is 18.2 Å². The molecular weight excluding hydrogens is 300 g/mol. The molecule has 0 spiro atoms. The third-order valence-corrected chi connectivity index (χ3v) is 4.10. The molecular formula is C17H19ClN2O2. The molecule has 5 heteroatoms. The lowest BCUT2D eigenvalue weighted by Gasteiger charge is -2.26. The number of ether oxygens (including phenoxy) is 1. The van der Waals surface area contributed by atoms with E-state index in [0.717, 1.165) is 23.6 Å². The third kappa shape index (κ3) is 3.58. The lowest BCUT2D eigenvalue weighted by Crippen LogP contribution is -2.41. The predicted octanol–water partition coefficient (Wildman–Crippen LogP) is 2.44. The van der Waals surface area contributed by atoms with Crippen LogP contribution in [0.2, 0.25) is 0 Å². The summed E-state index contributed by atoms with van der Waals surface area (Å²) in [7, 11) is 0. The number of alkyl halides is 1. The Bertz CT molecular complexity index is 609. The minimum Gasteiger partial charge on any atom is -0.486 e. The molecule has 116 valence electrons. The monoisotopic (exact) mass is 318 g/mol. The Kier molecular flexibility index (Phi) is 4.93. The zero-order chi connectivity index (χ0) is 15.4. The number of aliphatic hydroxyl groups excluding tert-OH is 1. The van der Waals surface area contributed by atoms with E-state index in [4.69, 9.17) is 16.3 Å². The average Bonchev–Trinajstić information content (AvgIpc) is 2.74. The highest BCUT2D eigenvalue weighted by molar-refractivity contribution is 6.18. The summed E-state index contributed by atoms with van der Waals surface area (Å²) in [6, 6.07) is 13.8. The lowest BCUT2D eigenvalue weighted by molar-refractivity contribution is 0.0305. The van der Waals surface area contributed by atoms with Crippen LogP contribution in [-0.4, -0.2) is 39.6 Å². The standard InChI is InChI=1S/C17H19ClN2O2/c18-9-15(21)17-12-20(11-14-6-3-4-8-19-14)10-13-5-1-2-7-16(13)22-17/h1-8,15,17,21H,9-12H2. The summed E-state index contributed by atoms with van der Waals surface area (Å²) in [6.07, 6.45) is 0.756. The van der Waals surface area contributed by atoms with E-state index in [1.165, 1.54) is 0 Å². The highest BCUT2D eigenvalue weighted by Gasteiger charge is 2.28. The SMILES string of the molecule is OC(CCl)C1CN(Cc2ccccn2)Cc2ccccc2O1. The highest BCUT2D eigenvalue weighted by atomic mass is 35.5. The van der Waals surface area contributed by atoms with Gasteiger partial charge < -0.3 is 9.84 Å². The molecule has 0 bridgehead atoms. The second kappa shape index (κ2) is 7.09. The van der Waals surface area contributed by atoms with E-state index < -0.39 is 6.10 Å². The van der Waals surface area contributed by atoms with Crippen molar-refractivity contribution < 1.29 is 9.84 Å². The minimum atomic E-state index is -0.695. The summed E-state index contributed by atoms with van der Waals surface area (Å²) in [6.45, 7) is 2.08. The summed E-state index contributed by atoms with van der Waals surface area (Å²) in [5.41, 5.74) is 2.11. The lowest BCUT2D eigenvalue weighted by atomic mass is 10.2. The van der Waals surface area contributed by atoms with E-state index >= 15 is 0 Å². The van der Waals surface area contributed by atoms with Crippen LogP contribution in [0.1, 0.15) is 11.3 Å². The molecule has 0 saturated carbocycles. The molecule has 0 amide bonds. The van der Waals surface area contributed by atoms with Crippen LogP contribution in [0.25, 0.3) is 0 Å². The van der Waals surface area contributed by atoms with Gasteiger partial charge >= 0.3 is 0 Å². The number of aliphatic hydroxyl groups is 1. The maximum absolute atomic E-state index is 10.1. The highest BCUT2D eigenvalue weighted by Crippen LogP contribution is 2.26. The molecule has 22 heavy (non-hydrogen) atoms. The normalized spacial score (nSPS) is 19.8. The fourth-order valence-corrected chi connectivity index (χ4v) is 2.85. The molecule has 0 radical (unpaired) electrons. The van der Waals surface area contributed by atoms with Gasteiger partial charge in [-0.1, -0.05) is 24.3 Å². The van der Waals surface area contributed by atoms with Crippen LogP contribution < -0.4 is 4.74 Å². The summed E-state index contributed by atoms with van der Waals surface area (Å²) in [4.78, 5) is 6.61. The average molecular weight is 319 g/mol. The molecule has 2 aromatic rings. The number of fused-ring (bicyclic) bond motifs is 1. The van der Waals surface area contributed by atoms with Gasteiger partial charge in [-0.2, -0.15) is 0 Å². The number of para-hydroxylation sites is 1.